The van der Waals surface area contributed by atoms with Crippen molar-refractivity contribution in [1.29, 1.82) is 0 Å². The molecule has 0 saturated heterocycles. The lowest BCUT2D eigenvalue weighted by molar-refractivity contribution is 0.740. The van der Waals surface area contributed by atoms with Gasteiger partial charge in [-0.3, -0.25) is 4.98 Å². The summed E-state index contributed by atoms with van der Waals surface area (Å²) in [6.45, 7) is 6.74. The Bertz CT molecular complexity index is 291. The Morgan fingerprint density at radius 3 is 1.71 bits per heavy atom. The van der Waals surface area contributed by atoms with Crippen LogP contribution in [0.4, 0.5) is 0 Å². The molecule has 0 aliphatic heterocycles. The second kappa shape index (κ2) is 8.27. The van der Waals surface area contributed by atoms with Gasteiger partial charge in [-0.25, -0.2) is 0 Å². The molecule has 0 atom stereocenters. The van der Waals surface area contributed by atoms with Gasteiger partial charge in [0, 0.05) is 11.4 Å². The summed E-state index contributed by atoms with van der Waals surface area (Å²) in [5.74, 6) is 0. The number of aryl methyl sites for hydroxylation is 3. The van der Waals surface area contributed by atoms with E-state index in [1.165, 1.54) is 55.5 Å². The summed E-state index contributed by atoms with van der Waals surface area (Å²) in [6.07, 6.45) is 9.74. The van der Waals surface area contributed by atoms with Gasteiger partial charge in [0.2, 0.25) is 0 Å². The SMILES string of the molecule is CCCCc1cc(CCC)cc(CCCC)n1. The van der Waals surface area contributed by atoms with E-state index in [4.69, 9.17) is 4.98 Å². The summed E-state index contributed by atoms with van der Waals surface area (Å²) in [6, 6.07) is 4.63. The molecule has 0 saturated carbocycles. The molecule has 1 nitrogen and oxygen atoms in total. The lowest BCUT2D eigenvalue weighted by atomic mass is 10.0. The van der Waals surface area contributed by atoms with E-state index in [2.05, 4.69) is 32.9 Å². The lowest BCUT2D eigenvalue weighted by Gasteiger charge is -2.08. The van der Waals surface area contributed by atoms with Crippen LogP contribution in [0.5, 0.6) is 0 Å². The van der Waals surface area contributed by atoms with Crippen molar-refractivity contribution in [3.8, 4) is 0 Å². The van der Waals surface area contributed by atoms with Crippen LogP contribution in [0.3, 0.4) is 0 Å². The first-order valence-corrected chi connectivity index (χ1v) is 7.28. The molecule has 1 heterocycles. The van der Waals surface area contributed by atoms with Crippen molar-refractivity contribution in [3.05, 3.63) is 29.1 Å². The number of unbranched alkanes of at least 4 members (excludes halogenated alkanes) is 2. The molecule has 0 amide bonds. The standard InChI is InChI=1S/C16H27N/c1-4-7-10-15-12-14(9-6-3)13-16(17-15)11-8-5-2/h12-13H,4-11H2,1-3H3. The van der Waals surface area contributed by atoms with E-state index in [-0.39, 0.29) is 0 Å². The van der Waals surface area contributed by atoms with Gasteiger partial charge in [0.15, 0.2) is 0 Å². The van der Waals surface area contributed by atoms with Crippen molar-refractivity contribution < 1.29 is 0 Å². The highest BCUT2D eigenvalue weighted by molar-refractivity contribution is 5.22. The molecule has 1 aromatic heterocycles. The fourth-order valence-corrected chi connectivity index (χ4v) is 2.12. The predicted octanol–water partition coefficient (Wildman–Crippen LogP) is 4.72. The monoisotopic (exact) mass is 233 g/mol. The Kier molecular flexibility index (Phi) is 6.91. The Labute approximate surface area is 107 Å². The average Bonchev–Trinajstić information content (AvgIpc) is 2.34. The van der Waals surface area contributed by atoms with Gasteiger partial charge in [-0.15, -0.1) is 0 Å². The maximum atomic E-state index is 4.79. The minimum atomic E-state index is 1.15. The van der Waals surface area contributed by atoms with E-state index < -0.39 is 0 Å². The quantitative estimate of drug-likeness (QED) is 0.633. The van der Waals surface area contributed by atoms with Gasteiger partial charge in [0.25, 0.3) is 0 Å². The fraction of sp³-hybridized carbons (Fsp3) is 0.688. The zero-order valence-electron chi connectivity index (χ0n) is 11.8. The Balaban J connectivity index is 2.76. The highest BCUT2D eigenvalue weighted by atomic mass is 14.7. The second-order valence-corrected chi connectivity index (χ2v) is 4.92. The molecule has 0 N–H and O–H groups in total. The molecule has 0 unspecified atom stereocenters. The van der Waals surface area contributed by atoms with Crippen LogP contribution in [0.15, 0.2) is 12.1 Å². The molecule has 0 aliphatic rings. The highest BCUT2D eigenvalue weighted by Gasteiger charge is 2.02. The Morgan fingerprint density at radius 1 is 0.765 bits per heavy atom. The van der Waals surface area contributed by atoms with E-state index in [1.807, 2.05) is 0 Å². The molecule has 0 radical (unpaired) electrons. The second-order valence-electron chi connectivity index (χ2n) is 4.92. The summed E-state index contributed by atoms with van der Waals surface area (Å²) in [5, 5.41) is 0. The molecule has 96 valence electrons. The predicted molar refractivity (Wildman–Crippen MR) is 75.5 cm³/mol. The third-order valence-corrected chi connectivity index (χ3v) is 3.10. The van der Waals surface area contributed by atoms with Crippen LogP contribution in [-0.4, -0.2) is 4.98 Å². The molecule has 0 bridgehead atoms. The van der Waals surface area contributed by atoms with Crippen LogP contribution in [0, 0.1) is 0 Å². The van der Waals surface area contributed by atoms with Crippen LogP contribution in [-0.2, 0) is 19.3 Å². The smallest absolute Gasteiger partial charge is 0.0409 e. The summed E-state index contributed by atoms with van der Waals surface area (Å²) < 4.78 is 0. The molecule has 17 heavy (non-hydrogen) atoms. The number of hydrogen-bond acceptors (Lipinski definition) is 1. The zero-order chi connectivity index (χ0) is 12.5. The van der Waals surface area contributed by atoms with Crippen molar-refractivity contribution in [2.24, 2.45) is 0 Å². The van der Waals surface area contributed by atoms with Gasteiger partial charge in [-0.2, -0.15) is 0 Å². The number of rotatable bonds is 8. The van der Waals surface area contributed by atoms with E-state index in [0.717, 1.165) is 12.8 Å². The molecular formula is C16H27N. The largest absolute Gasteiger partial charge is 0.258 e. The number of nitrogens with zero attached hydrogens (tertiary/aromatic N) is 1. The first kappa shape index (κ1) is 14.2. The van der Waals surface area contributed by atoms with Crippen LogP contribution in [0.1, 0.15) is 69.8 Å². The first-order chi connectivity index (χ1) is 8.30. The van der Waals surface area contributed by atoms with Crippen molar-refractivity contribution >= 4 is 0 Å². The minimum Gasteiger partial charge on any atom is -0.258 e. The van der Waals surface area contributed by atoms with Crippen molar-refractivity contribution in [3.63, 3.8) is 0 Å². The van der Waals surface area contributed by atoms with Gasteiger partial charge in [0.1, 0.15) is 0 Å². The molecule has 0 spiro atoms. The molecule has 0 aliphatic carbocycles. The van der Waals surface area contributed by atoms with Gasteiger partial charge >= 0.3 is 0 Å². The molecule has 1 aromatic rings. The summed E-state index contributed by atoms with van der Waals surface area (Å²) in [7, 11) is 0. The van der Waals surface area contributed by atoms with Crippen molar-refractivity contribution in [2.45, 2.75) is 72.1 Å². The maximum Gasteiger partial charge on any atom is 0.0409 e. The van der Waals surface area contributed by atoms with Crippen molar-refractivity contribution in [2.75, 3.05) is 0 Å². The van der Waals surface area contributed by atoms with Crippen LogP contribution < -0.4 is 0 Å². The Morgan fingerprint density at radius 2 is 1.29 bits per heavy atom. The molecule has 0 fully saturated rings. The number of aromatic nitrogens is 1. The van der Waals surface area contributed by atoms with Gasteiger partial charge in [0.05, 0.1) is 0 Å². The Hall–Kier alpha value is -0.850. The van der Waals surface area contributed by atoms with E-state index in [0.29, 0.717) is 0 Å². The van der Waals surface area contributed by atoms with E-state index in [1.54, 1.807) is 0 Å². The first-order valence-electron chi connectivity index (χ1n) is 7.28. The van der Waals surface area contributed by atoms with Crippen molar-refractivity contribution in [1.82, 2.24) is 4.98 Å². The average molecular weight is 233 g/mol. The van der Waals surface area contributed by atoms with Gasteiger partial charge in [-0.05, 0) is 49.8 Å². The van der Waals surface area contributed by atoms with Gasteiger partial charge in [-0.1, -0.05) is 40.0 Å². The van der Waals surface area contributed by atoms with Gasteiger partial charge < -0.3 is 0 Å². The normalized spacial score (nSPS) is 10.8. The summed E-state index contributed by atoms with van der Waals surface area (Å²) >= 11 is 0. The molecular weight excluding hydrogens is 206 g/mol. The number of hydrogen-bond donors (Lipinski definition) is 0. The highest BCUT2D eigenvalue weighted by Crippen LogP contribution is 2.13. The van der Waals surface area contributed by atoms with E-state index >= 15 is 0 Å². The van der Waals surface area contributed by atoms with E-state index in [9.17, 15) is 0 Å². The topological polar surface area (TPSA) is 12.9 Å². The van der Waals surface area contributed by atoms with Crippen LogP contribution in [0.2, 0.25) is 0 Å². The molecule has 1 rings (SSSR count). The number of pyridine rings is 1. The zero-order valence-corrected chi connectivity index (χ0v) is 11.8. The molecule has 1 heteroatoms. The third kappa shape index (κ3) is 5.34. The third-order valence-electron chi connectivity index (χ3n) is 3.10. The molecule has 0 aromatic carbocycles. The minimum absolute atomic E-state index is 1.15. The fourth-order valence-electron chi connectivity index (χ4n) is 2.12. The maximum absolute atomic E-state index is 4.79. The summed E-state index contributed by atoms with van der Waals surface area (Å²) in [5.41, 5.74) is 4.10. The van der Waals surface area contributed by atoms with Crippen LogP contribution in [0.25, 0.3) is 0 Å². The summed E-state index contributed by atoms with van der Waals surface area (Å²) in [4.78, 5) is 4.79. The van der Waals surface area contributed by atoms with Crippen LogP contribution >= 0.6 is 0 Å². The lowest BCUT2D eigenvalue weighted by Crippen LogP contribution is -1.99.